The van der Waals surface area contributed by atoms with Crippen LogP contribution >= 0.6 is 7.82 Å². The molecule has 0 fully saturated rings. The molecule has 0 saturated carbocycles. The average Bonchev–Trinajstić information content (AvgIpc) is 3.69. The third-order valence-electron chi connectivity index (χ3n) is 16.4. The molecule has 2 N–H and O–H groups in total. The predicted molar refractivity (Wildman–Crippen MR) is 374 cm³/mol. The first-order valence-corrected chi connectivity index (χ1v) is 38.3. The maximum Gasteiger partial charge on any atom is 0.472 e. The Balaban J connectivity index is 5.03. The molecule has 9 nitrogen and oxygen atoms in total. The Bertz CT molecular complexity index is 1700. The van der Waals surface area contributed by atoms with E-state index in [1.807, 2.05) is 33.3 Å². The van der Waals surface area contributed by atoms with Crippen molar-refractivity contribution in [2.75, 3.05) is 40.9 Å². The Morgan fingerprint density at radius 2 is 0.744 bits per heavy atom. The van der Waals surface area contributed by atoms with Crippen LogP contribution in [-0.2, 0) is 27.9 Å². The second kappa shape index (κ2) is 65.4. The number of rotatable bonds is 67. The number of likely N-dealkylation sites (N-methyl/N-ethyl adjacent to an activating group) is 1. The van der Waals surface area contributed by atoms with Gasteiger partial charge >= 0.3 is 13.8 Å². The minimum absolute atomic E-state index is 0.0379. The van der Waals surface area contributed by atoms with Crippen molar-refractivity contribution in [1.29, 1.82) is 0 Å². The quantitative estimate of drug-likeness (QED) is 0.0205. The molecule has 0 aromatic carbocycles. The zero-order chi connectivity index (χ0) is 62.8. The van der Waals surface area contributed by atoms with Crippen LogP contribution in [0.4, 0.5) is 0 Å². The van der Waals surface area contributed by atoms with Gasteiger partial charge < -0.3 is 19.4 Å². The summed E-state index contributed by atoms with van der Waals surface area (Å²) in [6, 6.07) is -0.855. The molecule has 0 aliphatic rings. The molecule has 0 aliphatic carbocycles. The number of ether oxygens (including phenoxy) is 1. The molecule has 0 heterocycles. The van der Waals surface area contributed by atoms with Gasteiger partial charge in [-0.25, -0.2) is 4.57 Å². The molecule has 0 rings (SSSR count). The lowest BCUT2D eigenvalue weighted by molar-refractivity contribution is -0.870. The molecule has 3 unspecified atom stereocenters. The Morgan fingerprint density at radius 3 is 1.12 bits per heavy atom. The van der Waals surface area contributed by atoms with Crippen LogP contribution in [-0.4, -0.2) is 74.3 Å². The molecular formula is C76H142N2O7P+. The van der Waals surface area contributed by atoms with E-state index in [0.717, 1.165) is 103 Å². The van der Waals surface area contributed by atoms with E-state index < -0.39 is 20.0 Å². The Morgan fingerprint density at radius 1 is 0.419 bits per heavy atom. The molecule has 0 aliphatic heterocycles. The summed E-state index contributed by atoms with van der Waals surface area (Å²) in [6.07, 6.45) is 86.4. The van der Waals surface area contributed by atoms with Gasteiger partial charge in [0.25, 0.3) is 0 Å². The van der Waals surface area contributed by atoms with E-state index in [-0.39, 0.29) is 31.5 Å². The minimum atomic E-state index is -4.46. The summed E-state index contributed by atoms with van der Waals surface area (Å²) in [5, 5.41) is 3.08. The van der Waals surface area contributed by atoms with Gasteiger partial charge in [0.05, 0.1) is 33.8 Å². The summed E-state index contributed by atoms with van der Waals surface area (Å²) in [5.41, 5.74) is 0. The number of esters is 1. The van der Waals surface area contributed by atoms with Gasteiger partial charge in [-0.1, -0.05) is 332 Å². The second-order valence-corrected chi connectivity index (χ2v) is 27.5. The van der Waals surface area contributed by atoms with E-state index in [0.29, 0.717) is 17.4 Å². The molecule has 0 radical (unpaired) electrons. The summed E-state index contributed by atoms with van der Waals surface area (Å²) in [4.78, 5) is 37.9. The smallest absolute Gasteiger partial charge is 0.456 e. The van der Waals surface area contributed by atoms with Crippen LogP contribution in [0.25, 0.3) is 0 Å². The van der Waals surface area contributed by atoms with Crippen molar-refractivity contribution in [3.8, 4) is 0 Å². The van der Waals surface area contributed by atoms with Crippen LogP contribution in [0.1, 0.15) is 348 Å². The summed E-state index contributed by atoms with van der Waals surface area (Å²) >= 11 is 0. The number of amides is 1. The van der Waals surface area contributed by atoms with Gasteiger partial charge in [0.2, 0.25) is 5.91 Å². The van der Waals surface area contributed by atoms with Gasteiger partial charge in [0.15, 0.2) is 0 Å². The molecule has 86 heavy (non-hydrogen) atoms. The number of phosphoric acid groups is 1. The van der Waals surface area contributed by atoms with E-state index in [9.17, 15) is 19.0 Å². The van der Waals surface area contributed by atoms with Crippen molar-refractivity contribution in [3.63, 3.8) is 0 Å². The number of carbonyl (C=O) groups is 2. The van der Waals surface area contributed by atoms with E-state index in [1.54, 1.807) is 0 Å². The molecule has 0 spiro atoms. The number of quaternary nitrogens is 1. The summed E-state index contributed by atoms with van der Waals surface area (Å²) in [6.45, 7) is 6.94. The number of unbranched alkanes of at least 4 members (excludes halogenated alkanes) is 41. The van der Waals surface area contributed by atoms with Crippen LogP contribution < -0.4 is 5.32 Å². The van der Waals surface area contributed by atoms with Crippen molar-refractivity contribution in [3.05, 3.63) is 72.9 Å². The molecular weight excluding hydrogens is 1080 g/mol. The van der Waals surface area contributed by atoms with Crippen LogP contribution in [0.3, 0.4) is 0 Å². The number of phosphoric ester groups is 1. The van der Waals surface area contributed by atoms with E-state index in [2.05, 4.69) is 86.8 Å². The highest BCUT2D eigenvalue weighted by Crippen LogP contribution is 2.43. The van der Waals surface area contributed by atoms with Crippen molar-refractivity contribution >= 4 is 19.7 Å². The fourth-order valence-corrected chi connectivity index (χ4v) is 11.5. The Hall–Kier alpha value is -2.55. The van der Waals surface area contributed by atoms with Crippen molar-refractivity contribution in [2.45, 2.75) is 360 Å². The largest absolute Gasteiger partial charge is 0.472 e. The van der Waals surface area contributed by atoms with Crippen molar-refractivity contribution in [1.82, 2.24) is 5.32 Å². The van der Waals surface area contributed by atoms with Crippen LogP contribution in [0, 0.1) is 0 Å². The van der Waals surface area contributed by atoms with E-state index in [1.165, 1.54) is 212 Å². The molecule has 0 saturated heterocycles. The second-order valence-electron chi connectivity index (χ2n) is 26.1. The standard InChI is InChI=1S/C76H141N2O7P/c1-7-10-13-16-19-22-25-28-30-32-34-36-38-39-41-42-44-46-48-50-53-56-59-62-65-68-75(79)77-73(72-84-86(81,82)83-71-70-78(4,5)6)74(67-64-61-58-55-52-27-24-21-18-15-12-9-3)85-76(80)69-66-63-60-57-54-51-49-47-45-43-40-37-35-33-31-29-26-23-20-17-14-11-8-2/h11,14,20,23,29,31,35,37,43,45,64,67,73-74H,7-10,12-13,15-19,21-22,24-28,30,32-34,36,38-42,44,46-63,65-66,68-72H2,1-6H3,(H-,77,79,81,82)/p+1/b14-11-,23-20-,31-29-,37-35-,45-43-,67-64+. The van der Waals surface area contributed by atoms with E-state index >= 15 is 0 Å². The summed E-state index contributed by atoms with van der Waals surface area (Å²) in [5.74, 6) is -0.505. The molecule has 10 heteroatoms. The van der Waals surface area contributed by atoms with Crippen LogP contribution in [0.5, 0.6) is 0 Å². The topological polar surface area (TPSA) is 111 Å². The summed E-state index contributed by atoms with van der Waals surface area (Å²) in [7, 11) is 1.50. The number of allylic oxidation sites excluding steroid dienone is 11. The van der Waals surface area contributed by atoms with Gasteiger partial charge in [0, 0.05) is 12.8 Å². The highest BCUT2D eigenvalue weighted by atomic mass is 31.2. The molecule has 0 aromatic rings. The third kappa shape index (κ3) is 65.9. The Labute approximate surface area is 533 Å². The Kier molecular flexibility index (Phi) is 63.5. The molecule has 1 amide bonds. The number of carbonyl (C=O) groups excluding carboxylic acids is 2. The summed E-state index contributed by atoms with van der Waals surface area (Å²) < 4.78 is 30.9. The molecule has 0 bridgehead atoms. The van der Waals surface area contributed by atoms with Gasteiger partial charge in [0.1, 0.15) is 19.3 Å². The number of nitrogens with one attached hydrogen (secondary N) is 1. The van der Waals surface area contributed by atoms with Gasteiger partial charge in [-0.3, -0.25) is 18.6 Å². The third-order valence-corrected chi connectivity index (χ3v) is 17.4. The van der Waals surface area contributed by atoms with Gasteiger partial charge in [-0.15, -0.1) is 0 Å². The van der Waals surface area contributed by atoms with Crippen LogP contribution in [0.15, 0.2) is 72.9 Å². The lowest BCUT2D eigenvalue weighted by atomic mass is 10.0. The maximum absolute atomic E-state index is 13.6. The monoisotopic (exact) mass is 1230 g/mol. The first kappa shape index (κ1) is 83.5. The lowest BCUT2D eigenvalue weighted by Gasteiger charge is -2.27. The lowest BCUT2D eigenvalue weighted by Crippen LogP contribution is -2.47. The van der Waals surface area contributed by atoms with Crippen molar-refractivity contribution < 1.29 is 37.3 Å². The first-order chi connectivity index (χ1) is 41.9. The molecule has 0 aromatic heterocycles. The van der Waals surface area contributed by atoms with E-state index in [4.69, 9.17) is 13.8 Å². The van der Waals surface area contributed by atoms with Gasteiger partial charge in [-0.2, -0.15) is 0 Å². The number of hydrogen-bond donors (Lipinski definition) is 2. The minimum Gasteiger partial charge on any atom is -0.456 e. The first-order valence-electron chi connectivity index (χ1n) is 36.8. The maximum atomic E-state index is 13.6. The van der Waals surface area contributed by atoms with Crippen molar-refractivity contribution in [2.24, 2.45) is 0 Å². The fraction of sp³-hybridized carbons (Fsp3) is 0.816. The molecule has 502 valence electrons. The highest BCUT2D eigenvalue weighted by molar-refractivity contribution is 7.47. The number of nitrogens with zero attached hydrogens (tertiary/aromatic N) is 1. The predicted octanol–water partition coefficient (Wildman–Crippen LogP) is 23.5. The fourth-order valence-electron chi connectivity index (χ4n) is 10.8. The van der Waals surface area contributed by atoms with Crippen LogP contribution in [0.2, 0.25) is 0 Å². The molecule has 3 atom stereocenters. The van der Waals surface area contributed by atoms with Gasteiger partial charge in [-0.05, 0) is 76.7 Å². The zero-order valence-electron chi connectivity index (χ0n) is 57.6. The normalized spacial score (nSPS) is 13.9. The SMILES string of the molecule is CC/C=C\C/C=C\C/C=C\C/C=C\C/C=C\CCCCCCCCCC(=O)OC(/C=C/CCCCCCCCCCCC)C(COP(=O)(O)OCC[N+](C)(C)C)NC(=O)CCCCCCCCCCCCCCCCCCCCCCCCCCC. The number of hydrogen-bond acceptors (Lipinski definition) is 6. The zero-order valence-corrected chi connectivity index (χ0v) is 58.5. The highest BCUT2D eigenvalue weighted by Gasteiger charge is 2.30. The average molecular weight is 1230 g/mol.